The maximum Gasteiger partial charge on any atom is 0.127 e. The number of benzene rings is 1. The molecule has 3 nitrogen and oxygen atoms in total. The van der Waals surface area contributed by atoms with Gasteiger partial charge in [-0.2, -0.15) is 0 Å². The Morgan fingerprint density at radius 2 is 2.20 bits per heavy atom. The molecule has 20 heavy (non-hydrogen) atoms. The molecule has 0 spiro atoms. The Labute approximate surface area is 120 Å². The summed E-state index contributed by atoms with van der Waals surface area (Å²) in [4.78, 5) is 4.60. The fraction of sp³-hybridized carbons (Fsp3) is 0.353. The van der Waals surface area contributed by atoms with Gasteiger partial charge in [0.2, 0.25) is 0 Å². The Hall–Kier alpha value is -1.87. The smallest absolute Gasteiger partial charge is 0.127 e. The van der Waals surface area contributed by atoms with Gasteiger partial charge in [0.15, 0.2) is 0 Å². The van der Waals surface area contributed by atoms with Gasteiger partial charge in [-0.15, -0.1) is 0 Å². The van der Waals surface area contributed by atoms with Crippen LogP contribution in [0.2, 0.25) is 0 Å². The number of aromatic nitrogens is 1. The lowest BCUT2D eigenvalue weighted by Crippen LogP contribution is -2.21. The van der Waals surface area contributed by atoms with E-state index in [2.05, 4.69) is 41.5 Å². The molecule has 1 aromatic heterocycles. The first-order chi connectivity index (χ1) is 9.85. The van der Waals surface area contributed by atoms with Crippen LogP contribution >= 0.6 is 0 Å². The zero-order valence-electron chi connectivity index (χ0n) is 12.0. The van der Waals surface area contributed by atoms with Gasteiger partial charge in [0.1, 0.15) is 5.75 Å². The molecule has 1 aliphatic heterocycles. The van der Waals surface area contributed by atoms with Crippen molar-refractivity contribution in [2.75, 3.05) is 13.7 Å². The number of nitrogens with zero attached hydrogens (tertiary/aromatic N) is 1. The number of nitrogens with one attached hydrogen (secondary N) is 1. The second-order valence-electron chi connectivity index (χ2n) is 5.06. The van der Waals surface area contributed by atoms with Crippen molar-refractivity contribution < 1.29 is 4.74 Å². The Balaban J connectivity index is 2.09. The van der Waals surface area contributed by atoms with E-state index < -0.39 is 0 Å². The highest BCUT2D eigenvalue weighted by Gasteiger charge is 2.24. The van der Waals surface area contributed by atoms with Crippen molar-refractivity contribution in [2.24, 2.45) is 0 Å². The Morgan fingerprint density at radius 1 is 1.30 bits per heavy atom. The zero-order valence-corrected chi connectivity index (χ0v) is 12.0. The summed E-state index contributed by atoms with van der Waals surface area (Å²) >= 11 is 0. The van der Waals surface area contributed by atoms with Crippen LogP contribution in [-0.2, 0) is 12.8 Å². The van der Waals surface area contributed by atoms with Gasteiger partial charge >= 0.3 is 0 Å². The van der Waals surface area contributed by atoms with E-state index in [0.717, 1.165) is 30.9 Å². The van der Waals surface area contributed by atoms with Crippen LogP contribution in [0.15, 0.2) is 36.5 Å². The van der Waals surface area contributed by atoms with Gasteiger partial charge < -0.3 is 10.1 Å². The fourth-order valence-electron chi connectivity index (χ4n) is 2.92. The van der Waals surface area contributed by atoms with E-state index in [1.807, 2.05) is 19.3 Å². The molecule has 1 aromatic carbocycles. The summed E-state index contributed by atoms with van der Waals surface area (Å²) in [6.07, 6.45) is 3.85. The summed E-state index contributed by atoms with van der Waals surface area (Å²) in [6, 6.07) is 10.6. The minimum Gasteiger partial charge on any atom is -0.493 e. The number of ether oxygens (including phenoxy) is 1. The van der Waals surface area contributed by atoms with Crippen molar-refractivity contribution in [3.63, 3.8) is 0 Å². The number of pyridine rings is 1. The third kappa shape index (κ3) is 2.18. The highest BCUT2D eigenvalue weighted by molar-refractivity contribution is 5.48. The molecule has 0 saturated carbocycles. The van der Waals surface area contributed by atoms with Crippen molar-refractivity contribution in [1.82, 2.24) is 10.3 Å². The van der Waals surface area contributed by atoms with E-state index >= 15 is 0 Å². The van der Waals surface area contributed by atoms with Crippen molar-refractivity contribution in [2.45, 2.75) is 25.8 Å². The minimum absolute atomic E-state index is 0.0826. The largest absolute Gasteiger partial charge is 0.493 e. The first-order valence-corrected chi connectivity index (χ1v) is 7.20. The van der Waals surface area contributed by atoms with Gasteiger partial charge in [-0.3, -0.25) is 4.98 Å². The molecule has 3 rings (SSSR count). The number of hydrogen-bond donors (Lipinski definition) is 1. The van der Waals surface area contributed by atoms with Gasteiger partial charge in [-0.25, -0.2) is 0 Å². The number of rotatable bonds is 4. The predicted octanol–water partition coefficient (Wildman–Crippen LogP) is 2.89. The van der Waals surface area contributed by atoms with Crippen LogP contribution in [0.1, 0.15) is 35.3 Å². The van der Waals surface area contributed by atoms with Crippen LogP contribution in [0.25, 0.3) is 0 Å². The van der Waals surface area contributed by atoms with Crippen molar-refractivity contribution in [3.8, 4) is 5.75 Å². The third-order valence-corrected chi connectivity index (χ3v) is 3.92. The monoisotopic (exact) mass is 268 g/mol. The summed E-state index contributed by atoms with van der Waals surface area (Å²) in [5.41, 5.74) is 4.87. The molecule has 2 aromatic rings. The van der Waals surface area contributed by atoms with Gasteiger partial charge in [0.25, 0.3) is 0 Å². The molecule has 1 N–H and O–H groups in total. The molecule has 3 heteroatoms. The molecule has 1 unspecified atom stereocenters. The van der Waals surface area contributed by atoms with Crippen LogP contribution in [0, 0.1) is 0 Å². The van der Waals surface area contributed by atoms with E-state index in [1.54, 1.807) is 0 Å². The number of para-hydroxylation sites is 1. The summed E-state index contributed by atoms with van der Waals surface area (Å²) in [5, 5.41) is 3.40. The van der Waals surface area contributed by atoms with Crippen LogP contribution in [0.4, 0.5) is 0 Å². The maximum absolute atomic E-state index is 5.84. The van der Waals surface area contributed by atoms with Crippen LogP contribution < -0.4 is 10.1 Å². The summed E-state index contributed by atoms with van der Waals surface area (Å²) in [6.45, 7) is 2.95. The van der Waals surface area contributed by atoms with Crippen molar-refractivity contribution >= 4 is 0 Å². The zero-order chi connectivity index (χ0) is 13.9. The van der Waals surface area contributed by atoms with E-state index in [4.69, 9.17) is 4.74 Å². The van der Waals surface area contributed by atoms with Gasteiger partial charge in [-0.1, -0.05) is 31.2 Å². The second kappa shape index (κ2) is 5.63. The second-order valence-corrected chi connectivity index (χ2v) is 5.06. The maximum atomic E-state index is 5.84. The first-order valence-electron chi connectivity index (χ1n) is 7.20. The van der Waals surface area contributed by atoms with Crippen LogP contribution in [0.3, 0.4) is 0 Å². The summed E-state index contributed by atoms with van der Waals surface area (Å²) in [7, 11) is 1.98. The molecule has 1 atom stereocenters. The first kappa shape index (κ1) is 13.1. The van der Waals surface area contributed by atoms with Crippen LogP contribution in [-0.4, -0.2) is 18.6 Å². The fourth-order valence-corrected chi connectivity index (χ4v) is 2.92. The standard InChI is InChI=1S/C17H20N2O/c1-3-12-7-5-10-19-15(12)16(18-2)14-8-4-6-13-9-11-20-17(13)14/h4-8,10,16,18H,3,9,11H2,1-2H3. The summed E-state index contributed by atoms with van der Waals surface area (Å²) < 4.78 is 5.84. The Bertz CT molecular complexity index is 610. The lowest BCUT2D eigenvalue weighted by Gasteiger charge is -2.21. The van der Waals surface area contributed by atoms with Crippen molar-refractivity contribution in [1.29, 1.82) is 0 Å². The highest BCUT2D eigenvalue weighted by Crippen LogP contribution is 2.36. The molecule has 0 saturated heterocycles. The van der Waals surface area contributed by atoms with E-state index in [1.165, 1.54) is 16.7 Å². The molecule has 0 amide bonds. The third-order valence-electron chi connectivity index (χ3n) is 3.92. The Morgan fingerprint density at radius 3 is 3.00 bits per heavy atom. The molecule has 2 heterocycles. The van der Waals surface area contributed by atoms with Gasteiger partial charge in [-0.05, 0) is 30.7 Å². The number of aryl methyl sites for hydroxylation is 1. The lowest BCUT2D eigenvalue weighted by molar-refractivity contribution is 0.351. The molecule has 0 fully saturated rings. The molecular formula is C17H20N2O. The number of hydrogen-bond acceptors (Lipinski definition) is 3. The van der Waals surface area contributed by atoms with E-state index in [-0.39, 0.29) is 6.04 Å². The quantitative estimate of drug-likeness (QED) is 0.926. The molecule has 0 aliphatic carbocycles. The molecule has 104 valence electrons. The minimum atomic E-state index is 0.0826. The molecule has 0 bridgehead atoms. The van der Waals surface area contributed by atoms with Gasteiger partial charge in [0, 0.05) is 18.2 Å². The highest BCUT2D eigenvalue weighted by atomic mass is 16.5. The molecular weight excluding hydrogens is 248 g/mol. The van der Waals surface area contributed by atoms with E-state index in [9.17, 15) is 0 Å². The average Bonchev–Trinajstić information content (AvgIpc) is 2.98. The molecule has 0 radical (unpaired) electrons. The normalized spacial score (nSPS) is 14.7. The summed E-state index contributed by atoms with van der Waals surface area (Å²) in [5.74, 6) is 1.04. The molecule has 1 aliphatic rings. The topological polar surface area (TPSA) is 34.2 Å². The lowest BCUT2D eigenvalue weighted by atomic mass is 9.96. The van der Waals surface area contributed by atoms with Crippen LogP contribution in [0.5, 0.6) is 5.75 Å². The van der Waals surface area contributed by atoms with Gasteiger partial charge in [0.05, 0.1) is 18.3 Å². The number of fused-ring (bicyclic) bond motifs is 1. The van der Waals surface area contributed by atoms with Crippen molar-refractivity contribution in [3.05, 3.63) is 58.9 Å². The predicted molar refractivity (Wildman–Crippen MR) is 80.2 cm³/mol. The van der Waals surface area contributed by atoms with E-state index in [0.29, 0.717) is 0 Å². The average molecular weight is 268 g/mol. The SMILES string of the molecule is CCc1cccnc1C(NC)c1cccc2c1OCC2. The Kier molecular flexibility index (Phi) is 3.70.